The highest BCUT2D eigenvalue weighted by Crippen LogP contribution is 2.38. The highest BCUT2D eigenvalue weighted by atomic mass is 32.2. The monoisotopic (exact) mass is 525 g/mol. The minimum atomic E-state index is -3.82. The van der Waals surface area contributed by atoms with Crippen LogP contribution >= 0.6 is 11.3 Å². The van der Waals surface area contributed by atoms with Crippen molar-refractivity contribution < 1.29 is 21.9 Å². The minimum Gasteiger partial charge on any atom is -0.378 e. The molecule has 1 saturated carbocycles. The van der Waals surface area contributed by atoms with Gasteiger partial charge in [-0.3, -0.25) is 9.30 Å². The van der Waals surface area contributed by atoms with Gasteiger partial charge in [0.05, 0.1) is 29.7 Å². The van der Waals surface area contributed by atoms with Crippen LogP contribution in [0.3, 0.4) is 0 Å². The minimum absolute atomic E-state index is 0.107. The summed E-state index contributed by atoms with van der Waals surface area (Å²) in [7, 11) is -3.82. The fourth-order valence-electron chi connectivity index (χ4n) is 4.66. The zero-order valence-corrected chi connectivity index (χ0v) is 20.7. The summed E-state index contributed by atoms with van der Waals surface area (Å²) in [5.74, 6) is 0.673. The number of aromatic nitrogens is 4. The first-order valence-corrected chi connectivity index (χ1v) is 13.8. The zero-order valence-electron chi connectivity index (χ0n) is 19.0. The van der Waals surface area contributed by atoms with Crippen molar-refractivity contribution in [2.24, 2.45) is 0 Å². The predicted octanol–water partition coefficient (Wildman–Crippen LogP) is 2.14. The number of hydrogen-bond donors (Lipinski definition) is 1. The Hall–Kier alpha value is -2.26. The van der Waals surface area contributed by atoms with E-state index in [2.05, 4.69) is 29.7 Å². The molecular weight excluding hydrogens is 500 g/mol. The first-order chi connectivity index (χ1) is 16.7. The van der Waals surface area contributed by atoms with E-state index >= 15 is 0 Å². The standard InChI is InChI=1S/C21H25F2N7O3S2/c1-21(2-3-21)27-35(31,32)14-8-15-17(19-25-26-20(34-19)18(22)23)24-12-30(15)16(9-14)29-5-4-28-6-7-33-11-13(28)10-29/h8-9,12-13,18,27H,2-7,10-11H2,1H3/t13-/m1/s1. The molecule has 1 aliphatic carbocycles. The number of nitrogens with one attached hydrogen (secondary N) is 1. The fraction of sp³-hybridized carbons (Fsp3) is 0.571. The molecule has 2 aliphatic heterocycles. The number of alkyl halides is 2. The summed E-state index contributed by atoms with van der Waals surface area (Å²) in [4.78, 5) is 9.07. The van der Waals surface area contributed by atoms with E-state index in [1.165, 1.54) is 6.07 Å². The maximum atomic E-state index is 13.3. The fourth-order valence-corrected chi connectivity index (χ4v) is 6.86. The molecule has 0 radical (unpaired) electrons. The van der Waals surface area contributed by atoms with Gasteiger partial charge in [-0.05, 0) is 31.9 Å². The van der Waals surface area contributed by atoms with E-state index in [0.29, 0.717) is 43.3 Å². The first-order valence-electron chi connectivity index (χ1n) is 11.5. The Morgan fingerprint density at radius 3 is 2.80 bits per heavy atom. The number of morpholine rings is 1. The first kappa shape index (κ1) is 23.2. The van der Waals surface area contributed by atoms with Gasteiger partial charge >= 0.3 is 0 Å². The van der Waals surface area contributed by atoms with E-state index < -0.39 is 27.0 Å². The Labute approximate surface area is 205 Å². The maximum absolute atomic E-state index is 13.3. The number of imidazole rings is 1. The summed E-state index contributed by atoms with van der Waals surface area (Å²) in [6, 6.07) is 3.40. The number of sulfonamides is 1. The molecule has 35 heavy (non-hydrogen) atoms. The summed E-state index contributed by atoms with van der Waals surface area (Å²) in [5.41, 5.74) is 0.359. The molecule has 3 aliphatic rings. The van der Waals surface area contributed by atoms with Crippen LogP contribution < -0.4 is 9.62 Å². The van der Waals surface area contributed by atoms with Crippen LogP contribution in [0.15, 0.2) is 23.4 Å². The molecule has 2 saturated heterocycles. The van der Waals surface area contributed by atoms with Crippen molar-refractivity contribution in [3.05, 3.63) is 23.5 Å². The lowest BCUT2D eigenvalue weighted by Gasteiger charge is -2.44. The Morgan fingerprint density at radius 2 is 2.06 bits per heavy atom. The topological polar surface area (TPSA) is 105 Å². The van der Waals surface area contributed by atoms with Gasteiger partial charge in [0.1, 0.15) is 17.8 Å². The predicted molar refractivity (Wildman–Crippen MR) is 125 cm³/mol. The lowest BCUT2D eigenvalue weighted by Crippen LogP contribution is -2.58. The average molecular weight is 526 g/mol. The van der Waals surface area contributed by atoms with E-state index in [1.807, 2.05) is 6.92 Å². The van der Waals surface area contributed by atoms with Crippen molar-refractivity contribution in [3.8, 4) is 10.7 Å². The van der Waals surface area contributed by atoms with E-state index in [-0.39, 0.29) is 15.9 Å². The number of hydrogen-bond acceptors (Lipinski definition) is 9. The molecule has 188 valence electrons. The van der Waals surface area contributed by atoms with Crippen molar-refractivity contribution in [2.75, 3.05) is 44.3 Å². The number of nitrogens with zero attached hydrogens (tertiary/aromatic N) is 6. The van der Waals surface area contributed by atoms with Crippen molar-refractivity contribution in [1.29, 1.82) is 0 Å². The van der Waals surface area contributed by atoms with Gasteiger partial charge in [-0.1, -0.05) is 11.3 Å². The molecule has 0 aromatic carbocycles. The van der Waals surface area contributed by atoms with Gasteiger partial charge in [0.15, 0.2) is 10.0 Å². The van der Waals surface area contributed by atoms with Gasteiger partial charge in [-0.15, -0.1) is 10.2 Å². The lowest BCUT2D eigenvalue weighted by atomic mass is 10.1. The maximum Gasteiger partial charge on any atom is 0.291 e. The number of halogens is 2. The zero-order chi connectivity index (χ0) is 24.4. The van der Waals surface area contributed by atoms with Crippen molar-refractivity contribution >= 4 is 32.7 Å². The van der Waals surface area contributed by atoms with E-state index in [1.54, 1.807) is 16.8 Å². The molecule has 5 heterocycles. The Kier molecular flexibility index (Phi) is 5.56. The summed E-state index contributed by atoms with van der Waals surface area (Å²) >= 11 is 0.753. The van der Waals surface area contributed by atoms with Crippen LogP contribution in [0.4, 0.5) is 14.6 Å². The van der Waals surface area contributed by atoms with Crippen LogP contribution in [0.25, 0.3) is 16.2 Å². The van der Waals surface area contributed by atoms with Gasteiger partial charge < -0.3 is 9.64 Å². The van der Waals surface area contributed by atoms with Crippen molar-refractivity contribution in [1.82, 2.24) is 29.2 Å². The number of piperazine rings is 1. The molecule has 3 aromatic rings. The molecule has 3 fully saturated rings. The molecule has 1 atom stereocenters. The van der Waals surface area contributed by atoms with Crippen LogP contribution in [0, 0.1) is 0 Å². The highest BCUT2D eigenvalue weighted by Gasteiger charge is 2.41. The summed E-state index contributed by atoms with van der Waals surface area (Å²) in [5, 5.41) is 7.29. The van der Waals surface area contributed by atoms with Gasteiger partial charge in [0.2, 0.25) is 10.0 Å². The molecule has 3 aromatic heterocycles. The molecule has 1 N–H and O–H groups in total. The molecule has 0 amide bonds. The number of pyridine rings is 1. The molecular formula is C21H25F2N7O3S2. The third kappa shape index (κ3) is 4.31. The molecule has 10 nitrogen and oxygen atoms in total. The smallest absolute Gasteiger partial charge is 0.291 e. The quantitative estimate of drug-likeness (QED) is 0.522. The van der Waals surface area contributed by atoms with Gasteiger partial charge in [-0.25, -0.2) is 26.9 Å². The number of anilines is 1. The van der Waals surface area contributed by atoms with Crippen LogP contribution in [0.1, 0.15) is 31.2 Å². The van der Waals surface area contributed by atoms with E-state index in [4.69, 9.17) is 4.74 Å². The Balaban J connectivity index is 1.46. The number of rotatable bonds is 6. The second kappa shape index (κ2) is 8.40. The molecule has 0 spiro atoms. The molecule has 0 unspecified atom stereocenters. The third-order valence-electron chi connectivity index (χ3n) is 6.88. The van der Waals surface area contributed by atoms with Crippen molar-refractivity contribution in [3.63, 3.8) is 0 Å². The van der Waals surface area contributed by atoms with Crippen LogP contribution in [-0.4, -0.2) is 83.9 Å². The molecule has 0 bridgehead atoms. The van der Waals surface area contributed by atoms with Gasteiger partial charge in [0, 0.05) is 31.7 Å². The third-order valence-corrected chi connectivity index (χ3v) is 9.44. The summed E-state index contributed by atoms with van der Waals surface area (Å²) in [6.07, 6.45) is 0.409. The molecule has 14 heteroatoms. The lowest BCUT2D eigenvalue weighted by molar-refractivity contribution is -0.0118. The SMILES string of the molecule is CC1(NS(=O)(=O)c2cc(N3CCN4CCOC[C@H]4C3)n3cnc(-c4nnc(C(F)F)s4)c3c2)CC1. The van der Waals surface area contributed by atoms with Crippen LogP contribution in [0.2, 0.25) is 0 Å². The summed E-state index contributed by atoms with van der Waals surface area (Å²) in [6.45, 7) is 6.31. The van der Waals surface area contributed by atoms with E-state index in [0.717, 1.165) is 37.3 Å². The normalized spacial score (nSPS) is 22.6. The second-order valence-corrected chi connectivity index (χ2v) is 12.2. The second-order valence-electron chi connectivity index (χ2n) is 9.52. The number of ether oxygens (including phenoxy) is 1. The highest BCUT2D eigenvalue weighted by molar-refractivity contribution is 7.89. The average Bonchev–Trinajstić information content (AvgIpc) is 3.22. The largest absolute Gasteiger partial charge is 0.378 e. The van der Waals surface area contributed by atoms with Crippen molar-refractivity contribution in [2.45, 2.75) is 42.7 Å². The Bertz CT molecular complexity index is 1370. The van der Waals surface area contributed by atoms with Gasteiger partial charge in [0.25, 0.3) is 6.43 Å². The van der Waals surface area contributed by atoms with Crippen LogP contribution in [-0.2, 0) is 14.8 Å². The van der Waals surface area contributed by atoms with E-state index in [9.17, 15) is 17.2 Å². The number of fused-ring (bicyclic) bond motifs is 2. The molecule has 6 rings (SSSR count). The van der Waals surface area contributed by atoms with Gasteiger partial charge in [-0.2, -0.15) is 0 Å². The van der Waals surface area contributed by atoms with Crippen LogP contribution in [0.5, 0.6) is 0 Å². The Morgan fingerprint density at radius 1 is 1.23 bits per heavy atom. The summed E-state index contributed by atoms with van der Waals surface area (Å²) < 4.78 is 63.2.